The van der Waals surface area contributed by atoms with Crippen molar-refractivity contribution in [3.63, 3.8) is 0 Å². The summed E-state index contributed by atoms with van der Waals surface area (Å²) < 4.78 is 0. The Bertz CT molecular complexity index is 388. The summed E-state index contributed by atoms with van der Waals surface area (Å²) in [6.07, 6.45) is 0.607. The van der Waals surface area contributed by atoms with Crippen LogP contribution in [0, 0.1) is 13.8 Å². The van der Waals surface area contributed by atoms with E-state index in [1.54, 1.807) is 11.3 Å². The Morgan fingerprint density at radius 2 is 1.94 bits per heavy atom. The van der Waals surface area contributed by atoms with Crippen molar-refractivity contribution < 1.29 is 4.79 Å². The minimum absolute atomic E-state index is 0.260. The van der Waals surface area contributed by atoms with Crippen LogP contribution in [0.3, 0.4) is 0 Å². The van der Waals surface area contributed by atoms with E-state index in [1.807, 2.05) is 18.7 Å². The fourth-order valence-corrected chi connectivity index (χ4v) is 2.92. The Balaban J connectivity index is 1.97. The Hall–Kier alpha value is -1.10. The highest BCUT2D eigenvalue weighted by atomic mass is 32.1. The van der Waals surface area contributed by atoms with Gasteiger partial charge in [-0.15, -0.1) is 11.3 Å². The maximum Gasteiger partial charge on any atom is 0.222 e. The predicted molar refractivity (Wildman–Crippen MR) is 70.7 cm³/mol. The molecule has 0 aromatic carbocycles. The van der Waals surface area contributed by atoms with Crippen LogP contribution in [0.25, 0.3) is 0 Å². The summed E-state index contributed by atoms with van der Waals surface area (Å²) in [7, 11) is 0. The number of aryl methyl sites for hydroxylation is 2. The summed E-state index contributed by atoms with van der Waals surface area (Å²) >= 11 is 1.75. The molecule has 5 heteroatoms. The van der Waals surface area contributed by atoms with Crippen molar-refractivity contribution in [3.8, 4) is 0 Å². The maximum atomic E-state index is 11.6. The van der Waals surface area contributed by atoms with Gasteiger partial charge in [0.05, 0.1) is 5.69 Å². The molecule has 17 heavy (non-hydrogen) atoms. The van der Waals surface area contributed by atoms with Crippen molar-refractivity contribution in [1.82, 2.24) is 9.88 Å². The molecular weight excluding hydrogens is 234 g/mol. The van der Waals surface area contributed by atoms with Crippen LogP contribution in [-0.4, -0.2) is 42.0 Å². The van der Waals surface area contributed by atoms with Gasteiger partial charge in [0.25, 0.3) is 0 Å². The second-order valence-electron chi connectivity index (χ2n) is 4.36. The van der Waals surface area contributed by atoms with E-state index in [2.05, 4.69) is 16.8 Å². The summed E-state index contributed by atoms with van der Waals surface area (Å²) in [6.45, 7) is 9.52. The lowest BCUT2D eigenvalue weighted by Gasteiger charge is -2.34. The molecule has 0 spiro atoms. The van der Waals surface area contributed by atoms with Gasteiger partial charge in [-0.1, -0.05) is 6.92 Å². The molecule has 1 saturated heterocycles. The van der Waals surface area contributed by atoms with Crippen LogP contribution < -0.4 is 4.90 Å². The van der Waals surface area contributed by atoms with Crippen molar-refractivity contribution in [1.29, 1.82) is 0 Å². The SMILES string of the molecule is CCC(=O)N1CCN(c2nc(C)c(C)s2)CC1. The molecule has 0 aliphatic carbocycles. The van der Waals surface area contributed by atoms with Crippen LogP contribution in [-0.2, 0) is 4.79 Å². The smallest absolute Gasteiger partial charge is 0.222 e. The van der Waals surface area contributed by atoms with Gasteiger partial charge in [-0.2, -0.15) is 0 Å². The van der Waals surface area contributed by atoms with E-state index in [0.717, 1.165) is 37.0 Å². The average molecular weight is 253 g/mol. The number of carbonyl (C=O) groups is 1. The van der Waals surface area contributed by atoms with Crippen molar-refractivity contribution in [3.05, 3.63) is 10.6 Å². The molecule has 2 rings (SSSR count). The molecule has 0 saturated carbocycles. The van der Waals surface area contributed by atoms with Gasteiger partial charge in [0, 0.05) is 37.5 Å². The zero-order chi connectivity index (χ0) is 12.4. The standard InChI is InChI=1S/C12H19N3OS/c1-4-11(16)14-5-7-15(8-6-14)12-13-9(2)10(3)17-12/h4-8H2,1-3H3. The Morgan fingerprint density at radius 3 is 2.41 bits per heavy atom. The fraction of sp³-hybridized carbons (Fsp3) is 0.667. The van der Waals surface area contributed by atoms with Crippen LogP contribution in [0.1, 0.15) is 23.9 Å². The quantitative estimate of drug-likeness (QED) is 0.806. The highest BCUT2D eigenvalue weighted by Crippen LogP contribution is 2.25. The molecule has 4 nitrogen and oxygen atoms in total. The van der Waals surface area contributed by atoms with E-state index in [9.17, 15) is 4.79 Å². The summed E-state index contributed by atoms with van der Waals surface area (Å²) in [4.78, 5) is 21.6. The minimum atomic E-state index is 0.260. The van der Waals surface area contributed by atoms with Gasteiger partial charge in [-0.25, -0.2) is 4.98 Å². The topological polar surface area (TPSA) is 36.4 Å². The fourth-order valence-electron chi connectivity index (χ4n) is 1.96. The third kappa shape index (κ3) is 2.60. The number of thiazole rings is 1. The summed E-state index contributed by atoms with van der Waals surface area (Å²) in [5, 5.41) is 1.10. The first-order chi connectivity index (χ1) is 8.11. The molecule has 2 heterocycles. The van der Waals surface area contributed by atoms with Crippen molar-refractivity contribution in [2.24, 2.45) is 0 Å². The number of carbonyl (C=O) groups excluding carboxylic acids is 1. The lowest BCUT2D eigenvalue weighted by Crippen LogP contribution is -2.48. The molecule has 0 radical (unpaired) electrons. The molecular formula is C12H19N3OS. The molecule has 1 aromatic heterocycles. The van der Waals surface area contributed by atoms with Gasteiger partial charge >= 0.3 is 0 Å². The average Bonchev–Trinajstić information content (AvgIpc) is 2.69. The van der Waals surface area contributed by atoms with Gasteiger partial charge < -0.3 is 9.80 Å². The molecule has 1 aliphatic heterocycles. The number of hydrogen-bond acceptors (Lipinski definition) is 4. The lowest BCUT2D eigenvalue weighted by molar-refractivity contribution is -0.131. The van der Waals surface area contributed by atoms with Gasteiger partial charge in [-0.3, -0.25) is 4.79 Å². The third-order valence-corrected chi connectivity index (χ3v) is 4.36. The van der Waals surface area contributed by atoms with Crippen LogP contribution in [0.2, 0.25) is 0 Å². The predicted octanol–water partition coefficient (Wildman–Crippen LogP) is 1.82. The van der Waals surface area contributed by atoms with Gasteiger partial charge in [0.1, 0.15) is 0 Å². The second-order valence-corrected chi connectivity index (χ2v) is 5.54. The normalized spacial score (nSPS) is 16.4. The number of anilines is 1. The molecule has 1 aromatic rings. The first-order valence-electron chi connectivity index (χ1n) is 6.08. The zero-order valence-corrected chi connectivity index (χ0v) is 11.5. The van der Waals surface area contributed by atoms with E-state index >= 15 is 0 Å². The molecule has 1 fully saturated rings. The molecule has 94 valence electrons. The van der Waals surface area contributed by atoms with Crippen molar-refractivity contribution in [2.75, 3.05) is 31.1 Å². The third-order valence-electron chi connectivity index (χ3n) is 3.22. The maximum absolute atomic E-state index is 11.6. The van der Waals surface area contributed by atoms with Crippen LogP contribution in [0.5, 0.6) is 0 Å². The number of amides is 1. The van der Waals surface area contributed by atoms with E-state index < -0.39 is 0 Å². The van der Waals surface area contributed by atoms with Crippen molar-refractivity contribution >= 4 is 22.4 Å². The Labute approximate surface area is 106 Å². The number of nitrogens with zero attached hydrogens (tertiary/aromatic N) is 3. The number of hydrogen-bond donors (Lipinski definition) is 0. The number of rotatable bonds is 2. The summed E-state index contributed by atoms with van der Waals surface area (Å²) in [5.74, 6) is 0.260. The number of piperazine rings is 1. The zero-order valence-electron chi connectivity index (χ0n) is 10.7. The Morgan fingerprint density at radius 1 is 1.29 bits per heavy atom. The van der Waals surface area contributed by atoms with Crippen molar-refractivity contribution in [2.45, 2.75) is 27.2 Å². The van der Waals surface area contributed by atoms with Gasteiger partial charge in [0.2, 0.25) is 5.91 Å². The largest absolute Gasteiger partial charge is 0.345 e. The van der Waals surface area contributed by atoms with Gasteiger partial charge in [0.15, 0.2) is 5.13 Å². The minimum Gasteiger partial charge on any atom is -0.345 e. The molecule has 0 bridgehead atoms. The molecule has 1 amide bonds. The first kappa shape index (κ1) is 12.4. The molecule has 1 aliphatic rings. The van der Waals surface area contributed by atoms with E-state index in [4.69, 9.17) is 0 Å². The van der Waals surface area contributed by atoms with E-state index in [0.29, 0.717) is 6.42 Å². The molecule has 0 atom stereocenters. The number of aromatic nitrogens is 1. The van der Waals surface area contributed by atoms with Crippen LogP contribution in [0.15, 0.2) is 0 Å². The monoisotopic (exact) mass is 253 g/mol. The first-order valence-corrected chi connectivity index (χ1v) is 6.90. The molecule has 0 unspecified atom stereocenters. The van der Waals surface area contributed by atoms with E-state index in [1.165, 1.54) is 4.88 Å². The van der Waals surface area contributed by atoms with E-state index in [-0.39, 0.29) is 5.91 Å². The van der Waals surface area contributed by atoms with Gasteiger partial charge in [-0.05, 0) is 13.8 Å². The van der Waals surface area contributed by atoms with Crippen LogP contribution >= 0.6 is 11.3 Å². The van der Waals surface area contributed by atoms with Crippen LogP contribution in [0.4, 0.5) is 5.13 Å². The highest BCUT2D eigenvalue weighted by Gasteiger charge is 2.21. The second kappa shape index (κ2) is 5.04. The highest BCUT2D eigenvalue weighted by molar-refractivity contribution is 7.15. The molecule has 0 N–H and O–H groups in total. The summed E-state index contributed by atoms with van der Waals surface area (Å²) in [5.41, 5.74) is 1.12. The Kier molecular flexibility index (Phi) is 3.66. The lowest BCUT2D eigenvalue weighted by atomic mass is 10.3. The summed E-state index contributed by atoms with van der Waals surface area (Å²) in [6, 6.07) is 0.